The molecule has 3 atom stereocenters. The van der Waals surface area contributed by atoms with Crippen LogP contribution in [0.5, 0.6) is 0 Å². The molecule has 6 heteroatoms. The molecular weight excluding hydrogens is 298 g/mol. The number of nitrogens with zero attached hydrogens (tertiary/aromatic N) is 1. The summed E-state index contributed by atoms with van der Waals surface area (Å²) in [5.74, 6) is 0.107. The van der Waals surface area contributed by atoms with Crippen molar-refractivity contribution in [1.82, 2.24) is 0 Å². The van der Waals surface area contributed by atoms with Crippen molar-refractivity contribution in [3.63, 3.8) is 0 Å². The fraction of sp³-hybridized carbons (Fsp3) is 0.938. The molecule has 0 aromatic rings. The Morgan fingerprint density at radius 1 is 1.32 bits per heavy atom. The van der Waals surface area contributed by atoms with E-state index in [0.717, 1.165) is 0 Å². The molecule has 0 spiro atoms. The summed E-state index contributed by atoms with van der Waals surface area (Å²) < 4.78 is 18.6. The topological polar surface area (TPSA) is 49.3 Å². The van der Waals surface area contributed by atoms with Crippen LogP contribution in [0.1, 0.15) is 34.6 Å². The smallest absolute Gasteiger partial charge is 0.192 e. The zero-order chi connectivity index (χ0) is 16.8. The number of ether oxygens (including phenoxy) is 2. The normalized spacial score (nSPS) is 34.4. The summed E-state index contributed by atoms with van der Waals surface area (Å²) in [5, 5.41) is 4.17. The van der Waals surface area contributed by atoms with Crippen LogP contribution < -0.4 is 0 Å². The number of fused-ring (bicyclic) bond motifs is 1. The highest BCUT2D eigenvalue weighted by molar-refractivity contribution is 6.74. The molecule has 0 aromatic carbocycles. The minimum absolute atomic E-state index is 0.107. The SMILES string of the molecule is CO[C@@]12C=NOC[C@@H]1C(C)(C)O[C@@H]2CO[Si](C)(C)C(C)(C)C. The Morgan fingerprint density at radius 3 is 2.50 bits per heavy atom. The van der Waals surface area contributed by atoms with E-state index in [1.54, 1.807) is 13.3 Å². The van der Waals surface area contributed by atoms with Crippen molar-refractivity contribution in [1.29, 1.82) is 0 Å². The molecule has 0 bridgehead atoms. The predicted octanol–water partition coefficient (Wildman–Crippen LogP) is 3.20. The van der Waals surface area contributed by atoms with Crippen molar-refractivity contribution >= 4 is 14.5 Å². The molecular formula is C16H31NO4Si. The molecule has 5 nitrogen and oxygen atoms in total. The fourth-order valence-electron chi connectivity index (χ4n) is 3.04. The third kappa shape index (κ3) is 2.86. The number of hydrogen-bond donors (Lipinski definition) is 0. The first kappa shape index (κ1) is 17.9. The van der Waals surface area contributed by atoms with E-state index in [0.29, 0.717) is 13.2 Å². The maximum absolute atomic E-state index is 6.38. The molecule has 0 saturated carbocycles. The highest BCUT2D eigenvalue weighted by Crippen LogP contribution is 2.47. The van der Waals surface area contributed by atoms with Gasteiger partial charge in [0.2, 0.25) is 0 Å². The van der Waals surface area contributed by atoms with Crippen LogP contribution in [-0.4, -0.2) is 52.2 Å². The summed E-state index contributed by atoms with van der Waals surface area (Å²) in [4.78, 5) is 5.27. The van der Waals surface area contributed by atoms with Gasteiger partial charge in [0.05, 0.1) is 24.3 Å². The van der Waals surface area contributed by atoms with E-state index >= 15 is 0 Å². The lowest BCUT2D eigenvalue weighted by atomic mass is 9.78. The van der Waals surface area contributed by atoms with E-state index in [1.807, 2.05) is 0 Å². The van der Waals surface area contributed by atoms with Crippen LogP contribution in [0.4, 0.5) is 0 Å². The van der Waals surface area contributed by atoms with Gasteiger partial charge in [-0.1, -0.05) is 25.9 Å². The molecule has 2 rings (SSSR count). The van der Waals surface area contributed by atoms with Gasteiger partial charge < -0.3 is 18.7 Å². The van der Waals surface area contributed by atoms with Crippen LogP contribution in [0.2, 0.25) is 18.1 Å². The molecule has 0 unspecified atom stereocenters. The molecule has 0 radical (unpaired) electrons. The zero-order valence-corrected chi connectivity index (χ0v) is 16.2. The van der Waals surface area contributed by atoms with E-state index in [9.17, 15) is 0 Å². The van der Waals surface area contributed by atoms with Crippen molar-refractivity contribution in [2.24, 2.45) is 11.1 Å². The quantitative estimate of drug-likeness (QED) is 0.743. The summed E-state index contributed by atoms with van der Waals surface area (Å²) in [7, 11) is -0.116. The van der Waals surface area contributed by atoms with Crippen LogP contribution in [0.3, 0.4) is 0 Å². The first-order valence-electron chi connectivity index (χ1n) is 8.00. The number of oxime groups is 1. The number of methoxy groups -OCH3 is 1. The van der Waals surface area contributed by atoms with Crippen LogP contribution in [-0.2, 0) is 18.7 Å². The summed E-state index contributed by atoms with van der Waals surface area (Å²) in [6.45, 7) is 16.4. The standard InChI is InChI=1S/C16H31NO4Si/c1-14(2,3)22(7,8)20-10-13-16(18-6)11-17-19-9-12(16)15(4,5)21-13/h11-13H,9-10H2,1-8H3/t12-,13-,16+/m1/s1. The van der Waals surface area contributed by atoms with Crippen LogP contribution in [0.15, 0.2) is 5.16 Å². The third-order valence-corrected chi connectivity index (χ3v) is 10.2. The molecule has 22 heavy (non-hydrogen) atoms. The van der Waals surface area contributed by atoms with Gasteiger partial charge in [0.15, 0.2) is 8.32 Å². The lowest BCUT2D eigenvalue weighted by molar-refractivity contribution is -0.0756. The second kappa shape index (κ2) is 5.58. The summed E-state index contributed by atoms with van der Waals surface area (Å²) in [6.07, 6.45) is 1.59. The average Bonchev–Trinajstić information content (AvgIpc) is 2.64. The van der Waals surface area contributed by atoms with Gasteiger partial charge in [0, 0.05) is 7.11 Å². The van der Waals surface area contributed by atoms with E-state index in [-0.39, 0.29) is 22.7 Å². The highest BCUT2D eigenvalue weighted by atomic mass is 28.4. The molecule has 128 valence electrons. The molecule has 0 aromatic heterocycles. The maximum Gasteiger partial charge on any atom is 0.192 e. The molecule has 0 N–H and O–H groups in total. The van der Waals surface area contributed by atoms with Crippen LogP contribution in [0, 0.1) is 5.92 Å². The molecule has 2 heterocycles. The predicted molar refractivity (Wildman–Crippen MR) is 89.8 cm³/mol. The van der Waals surface area contributed by atoms with E-state index in [4.69, 9.17) is 18.7 Å². The van der Waals surface area contributed by atoms with Gasteiger partial charge in [0.25, 0.3) is 0 Å². The van der Waals surface area contributed by atoms with Gasteiger partial charge in [-0.05, 0) is 32.0 Å². The van der Waals surface area contributed by atoms with Gasteiger partial charge in [0.1, 0.15) is 18.3 Å². The van der Waals surface area contributed by atoms with Gasteiger partial charge in [-0.15, -0.1) is 0 Å². The Kier molecular flexibility index (Phi) is 4.54. The lowest BCUT2D eigenvalue weighted by Crippen LogP contribution is -2.55. The molecule has 2 aliphatic heterocycles. The monoisotopic (exact) mass is 329 g/mol. The number of rotatable bonds is 4. The Labute approximate surface area is 135 Å². The highest BCUT2D eigenvalue weighted by Gasteiger charge is 2.62. The van der Waals surface area contributed by atoms with Gasteiger partial charge in [-0.25, -0.2) is 0 Å². The zero-order valence-electron chi connectivity index (χ0n) is 15.2. The molecule has 1 saturated heterocycles. The maximum atomic E-state index is 6.38. The fourth-order valence-corrected chi connectivity index (χ4v) is 4.04. The van der Waals surface area contributed by atoms with Crippen LogP contribution in [0.25, 0.3) is 0 Å². The Balaban J connectivity index is 2.20. The Hall–Kier alpha value is -0.433. The van der Waals surface area contributed by atoms with Gasteiger partial charge in [-0.3, -0.25) is 0 Å². The van der Waals surface area contributed by atoms with Crippen molar-refractivity contribution < 1.29 is 18.7 Å². The molecule has 0 amide bonds. The largest absolute Gasteiger partial charge is 0.414 e. The minimum Gasteiger partial charge on any atom is -0.414 e. The molecule has 1 fully saturated rings. The summed E-state index contributed by atoms with van der Waals surface area (Å²) >= 11 is 0. The molecule has 2 aliphatic rings. The first-order chi connectivity index (χ1) is 9.96. The van der Waals surface area contributed by atoms with E-state index in [2.05, 4.69) is 52.9 Å². The van der Waals surface area contributed by atoms with Crippen molar-refractivity contribution in [2.45, 2.75) is 70.1 Å². The average molecular weight is 330 g/mol. The van der Waals surface area contributed by atoms with E-state index < -0.39 is 13.9 Å². The van der Waals surface area contributed by atoms with Crippen molar-refractivity contribution in [3.8, 4) is 0 Å². The second-order valence-electron chi connectivity index (χ2n) is 8.42. The minimum atomic E-state index is -1.83. The summed E-state index contributed by atoms with van der Waals surface area (Å²) in [5.41, 5.74) is -0.895. The third-order valence-electron chi connectivity index (χ3n) is 5.66. The summed E-state index contributed by atoms with van der Waals surface area (Å²) in [6, 6.07) is 0. The van der Waals surface area contributed by atoms with Crippen molar-refractivity contribution in [3.05, 3.63) is 0 Å². The van der Waals surface area contributed by atoms with E-state index in [1.165, 1.54) is 0 Å². The van der Waals surface area contributed by atoms with Crippen molar-refractivity contribution in [2.75, 3.05) is 20.3 Å². The molecule has 0 aliphatic carbocycles. The lowest BCUT2D eigenvalue weighted by Gasteiger charge is -2.40. The first-order valence-corrected chi connectivity index (χ1v) is 10.9. The van der Waals surface area contributed by atoms with Gasteiger partial charge in [-0.2, -0.15) is 0 Å². The Bertz CT molecular complexity index is 444. The Morgan fingerprint density at radius 2 is 1.95 bits per heavy atom. The van der Waals surface area contributed by atoms with Gasteiger partial charge >= 0.3 is 0 Å². The van der Waals surface area contributed by atoms with Crippen LogP contribution >= 0.6 is 0 Å². The second-order valence-corrected chi connectivity index (χ2v) is 13.2. The number of hydrogen-bond acceptors (Lipinski definition) is 5.